The van der Waals surface area contributed by atoms with Gasteiger partial charge in [0.05, 0.1) is 0 Å². The van der Waals surface area contributed by atoms with E-state index in [1.807, 2.05) is 0 Å². The van der Waals surface area contributed by atoms with Crippen LogP contribution in [-0.2, 0) is 19.1 Å². The molecule has 6 nitrogen and oxygen atoms in total. The Labute approximate surface area is 121 Å². The topological polar surface area (TPSA) is 105 Å². The molecule has 0 aliphatic rings. The minimum absolute atomic E-state index is 0.194. The predicted molar refractivity (Wildman–Crippen MR) is 76.9 cm³/mol. The number of ether oxygens (including phenoxy) is 2. The first-order valence-corrected chi connectivity index (χ1v) is 6.89. The van der Waals surface area contributed by atoms with Crippen LogP contribution in [0.5, 0.6) is 0 Å². The first-order chi connectivity index (χ1) is 8.99. The monoisotopic (exact) mass is 288 g/mol. The standard InChI is InChI=1S/C14H28N2O4/c1-13(2,15)9-19-11(17)7-5-6-8-12(18)20-10-14(3,4)16/h5-10,15-16H2,1-4H3. The third-order valence-electron chi connectivity index (χ3n) is 2.22. The van der Waals surface area contributed by atoms with E-state index in [-0.39, 0.29) is 38.0 Å². The van der Waals surface area contributed by atoms with Crippen molar-refractivity contribution in [2.24, 2.45) is 11.5 Å². The van der Waals surface area contributed by atoms with E-state index in [1.54, 1.807) is 27.7 Å². The summed E-state index contributed by atoms with van der Waals surface area (Å²) in [4.78, 5) is 22.8. The maximum atomic E-state index is 11.4. The molecule has 4 N–H and O–H groups in total. The molecular weight excluding hydrogens is 260 g/mol. The van der Waals surface area contributed by atoms with Crippen molar-refractivity contribution < 1.29 is 19.1 Å². The van der Waals surface area contributed by atoms with Crippen molar-refractivity contribution in [3.05, 3.63) is 0 Å². The van der Waals surface area contributed by atoms with E-state index in [0.717, 1.165) is 0 Å². The minimum atomic E-state index is -0.519. The number of carbonyl (C=O) groups is 2. The number of esters is 2. The molecule has 0 aromatic carbocycles. The number of hydrogen-bond donors (Lipinski definition) is 2. The van der Waals surface area contributed by atoms with Gasteiger partial charge in [-0.15, -0.1) is 0 Å². The van der Waals surface area contributed by atoms with Crippen LogP contribution in [0.3, 0.4) is 0 Å². The van der Waals surface area contributed by atoms with Gasteiger partial charge in [0.2, 0.25) is 0 Å². The van der Waals surface area contributed by atoms with E-state index in [9.17, 15) is 9.59 Å². The summed E-state index contributed by atoms with van der Waals surface area (Å²) in [6, 6.07) is 0. The zero-order valence-corrected chi connectivity index (χ0v) is 13.0. The van der Waals surface area contributed by atoms with Crippen LogP contribution in [0.25, 0.3) is 0 Å². The van der Waals surface area contributed by atoms with Crippen LogP contribution in [0.2, 0.25) is 0 Å². The smallest absolute Gasteiger partial charge is 0.305 e. The Kier molecular flexibility index (Phi) is 7.75. The molecule has 0 aromatic rings. The van der Waals surface area contributed by atoms with Crippen molar-refractivity contribution >= 4 is 11.9 Å². The van der Waals surface area contributed by atoms with Gasteiger partial charge in [-0.3, -0.25) is 9.59 Å². The lowest BCUT2D eigenvalue weighted by Gasteiger charge is -2.18. The molecule has 118 valence electrons. The van der Waals surface area contributed by atoms with Gasteiger partial charge < -0.3 is 20.9 Å². The number of rotatable bonds is 9. The van der Waals surface area contributed by atoms with Gasteiger partial charge in [-0.25, -0.2) is 0 Å². The average Bonchev–Trinajstić information content (AvgIpc) is 2.27. The average molecular weight is 288 g/mol. The van der Waals surface area contributed by atoms with Crippen molar-refractivity contribution in [2.75, 3.05) is 13.2 Å². The van der Waals surface area contributed by atoms with Gasteiger partial charge in [0.25, 0.3) is 0 Å². The fourth-order valence-electron chi connectivity index (χ4n) is 1.22. The maximum absolute atomic E-state index is 11.4. The van der Waals surface area contributed by atoms with Crippen LogP contribution in [-0.4, -0.2) is 36.2 Å². The van der Waals surface area contributed by atoms with Gasteiger partial charge in [0, 0.05) is 23.9 Å². The highest BCUT2D eigenvalue weighted by Gasteiger charge is 2.15. The quantitative estimate of drug-likeness (QED) is 0.486. The maximum Gasteiger partial charge on any atom is 0.305 e. The summed E-state index contributed by atoms with van der Waals surface area (Å²) in [5.41, 5.74) is 10.4. The largest absolute Gasteiger partial charge is 0.464 e. The number of hydrogen-bond acceptors (Lipinski definition) is 6. The first-order valence-electron chi connectivity index (χ1n) is 6.89. The molecule has 6 heteroatoms. The van der Waals surface area contributed by atoms with Gasteiger partial charge >= 0.3 is 11.9 Å². The molecule has 0 heterocycles. The molecular formula is C14H28N2O4. The first kappa shape index (κ1) is 18.9. The van der Waals surface area contributed by atoms with E-state index >= 15 is 0 Å². The van der Waals surface area contributed by atoms with E-state index < -0.39 is 11.1 Å². The van der Waals surface area contributed by atoms with Crippen molar-refractivity contribution in [2.45, 2.75) is 64.5 Å². The third kappa shape index (κ3) is 13.3. The molecule has 0 saturated carbocycles. The van der Waals surface area contributed by atoms with Crippen molar-refractivity contribution in [3.8, 4) is 0 Å². The second-order valence-electron chi connectivity index (χ2n) is 6.51. The lowest BCUT2D eigenvalue weighted by Crippen LogP contribution is -2.38. The summed E-state index contributed by atoms with van der Waals surface area (Å²) in [7, 11) is 0. The Morgan fingerprint density at radius 1 is 0.800 bits per heavy atom. The van der Waals surface area contributed by atoms with Crippen LogP contribution >= 0.6 is 0 Å². The fourth-order valence-corrected chi connectivity index (χ4v) is 1.22. The molecule has 0 aromatic heterocycles. The summed E-state index contributed by atoms with van der Waals surface area (Å²) < 4.78 is 10.0. The minimum Gasteiger partial charge on any atom is -0.464 e. The van der Waals surface area contributed by atoms with E-state index in [2.05, 4.69) is 0 Å². The molecule has 0 saturated heterocycles. The molecule has 0 aliphatic carbocycles. The van der Waals surface area contributed by atoms with Crippen molar-refractivity contribution in [1.82, 2.24) is 0 Å². The van der Waals surface area contributed by atoms with E-state index in [1.165, 1.54) is 0 Å². The third-order valence-corrected chi connectivity index (χ3v) is 2.22. The molecule has 0 atom stereocenters. The summed E-state index contributed by atoms with van der Waals surface area (Å²) in [5, 5.41) is 0. The Morgan fingerprint density at radius 2 is 1.10 bits per heavy atom. The predicted octanol–water partition coefficient (Wildman–Crippen LogP) is 1.11. The Morgan fingerprint density at radius 3 is 1.35 bits per heavy atom. The number of nitrogens with two attached hydrogens (primary N) is 2. The van der Waals surface area contributed by atoms with Crippen molar-refractivity contribution in [3.63, 3.8) is 0 Å². The van der Waals surface area contributed by atoms with E-state index in [0.29, 0.717) is 12.8 Å². The SMILES string of the molecule is CC(C)(N)COC(=O)CCCCC(=O)OCC(C)(C)N. The molecule has 0 fully saturated rings. The highest BCUT2D eigenvalue weighted by Crippen LogP contribution is 2.06. The normalized spacial score (nSPS) is 12.1. The second-order valence-corrected chi connectivity index (χ2v) is 6.51. The molecule has 0 bridgehead atoms. The highest BCUT2D eigenvalue weighted by molar-refractivity contribution is 5.70. The molecule has 0 unspecified atom stereocenters. The summed E-state index contributed by atoms with van der Waals surface area (Å²) >= 11 is 0. The van der Waals surface area contributed by atoms with Gasteiger partial charge in [0.1, 0.15) is 13.2 Å². The molecule has 0 radical (unpaired) electrons. The second kappa shape index (κ2) is 8.21. The zero-order chi connectivity index (χ0) is 15.8. The Balaban J connectivity index is 3.61. The Bertz CT molecular complexity index is 284. The fraction of sp³-hybridized carbons (Fsp3) is 0.857. The van der Waals surface area contributed by atoms with Gasteiger partial charge in [-0.2, -0.15) is 0 Å². The summed E-state index contributed by atoms with van der Waals surface area (Å²) in [6.45, 7) is 7.54. The van der Waals surface area contributed by atoms with Crippen LogP contribution in [0, 0.1) is 0 Å². The van der Waals surface area contributed by atoms with Gasteiger partial charge in [0.15, 0.2) is 0 Å². The van der Waals surface area contributed by atoms with Crippen LogP contribution in [0.1, 0.15) is 53.4 Å². The molecule has 0 aliphatic heterocycles. The molecule has 0 amide bonds. The van der Waals surface area contributed by atoms with Crippen LogP contribution < -0.4 is 11.5 Å². The summed E-state index contributed by atoms with van der Waals surface area (Å²) in [6.07, 6.45) is 1.74. The van der Waals surface area contributed by atoms with E-state index in [4.69, 9.17) is 20.9 Å². The Hall–Kier alpha value is -1.14. The molecule has 0 rings (SSSR count). The zero-order valence-electron chi connectivity index (χ0n) is 13.0. The van der Waals surface area contributed by atoms with Crippen LogP contribution in [0.15, 0.2) is 0 Å². The number of carbonyl (C=O) groups excluding carboxylic acids is 2. The lowest BCUT2D eigenvalue weighted by atomic mass is 10.1. The van der Waals surface area contributed by atoms with Crippen LogP contribution in [0.4, 0.5) is 0 Å². The van der Waals surface area contributed by atoms with Crippen molar-refractivity contribution in [1.29, 1.82) is 0 Å². The lowest BCUT2D eigenvalue weighted by molar-refractivity contribution is -0.147. The highest BCUT2D eigenvalue weighted by atomic mass is 16.5. The van der Waals surface area contributed by atoms with Gasteiger partial charge in [-0.1, -0.05) is 0 Å². The van der Waals surface area contributed by atoms with Gasteiger partial charge in [-0.05, 0) is 40.5 Å². The molecule has 0 spiro atoms. The molecule has 20 heavy (non-hydrogen) atoms. The summed E-state index contributed by atoms with van der Waals surface area (Å²) in [5.74, 6) is -0.583. The number of unbranched alkanes of at least 4 members (excludes halogenated alkanes) is 1.